The summed E-state index contributed by atoms with van der Waals surface area (Å²) in [5, 5.41) is 0. The average Bonchev–Trinajstić information content (AvgIpc) is 3.56. The number of benzene rings is 2. The topological polar surface area (TPSA) is 60.8 Å². The molecular weight excluding hydrogens is 411 g/mol. The first-order valence-electron chi connectivity index (χ1n) is 10.7. The van der Waals surface area contributed by atoms with Gasteiger partial charge in [0.2, 0.25) is 0 Å². The van der Waals surface area contributed by atoms with Crippen molar-refractivity contribution < 1.29 is 18.7 Å². The van der Waals surface area contributed by atoms with Crippen LogP contribution in [0.3, 0.4) is 0 Å². The molecule has 6 nitrogen and oxygen atoms in total. The number of amides is 1. The van der Waals surface area contributed by atoms with E-state index in [0.29, 0.717) is 41.9 Å². The largest absolute Gasteiger partial charge is 0.486 e. The summed E-state index contributed by atoms with van der Waals surface area (Å²) in [6.07, 6.45) is 1.96. The third-order valence-corrected chi connectivity index (χ3v) is 5.71. The van der Waals surface area contributed by atoms with Gasteiger partial charge in [0, 0.05) is 23.4 Å². The van der Waals surface area contributed by atoms with Crippen molar-refractivity contribution in [3.63, 3.8) is 0 Å². The number of hydrogen-bond donors (Lipinski definition) is 0. The smallest absolute Gasteiger partial charge is 0.254 e. The van der Waals surface area contributed by atoms with Gasteiger partial charge >= 0.3 is 0 Å². The molecule has 0 spiro atoms. The molecule has 0 N–H and O–H groups in total. The number of ether oxygens (including phenoxy) is 2. The molecule has 3 aromatic rings. The second-order valence-electron chi connectivity index (χ2n) is 8.31. The van der Waals surface area contributed by atoms with Crippen LogP contribution in [0, 0.1) is 12.7 Å². The lowest BCUT2D eigenvalue weighted by Gasteiger charge is -2.39. The third-order valence-electron chi connectivity index (χ3n) is 5.71. The summed E-state index contributed by atoms with van der Waals surface area (Å²) in [4.78, 5) is 26.9. The van der Waals surface area contributed by atoms with E-state index in [2.05, 4.69) is 0 Å². The van der Waals surface area contributed by atoms with Crippen LogP contribution < -0.4 is 15.0 Å². The first-order chi connectivity index (χ1) is 15.5. The van der Waals surface area contributed by atoms with Crippen LogP contribution in [-0.4, -0.2) is 34.6 Å². The summed E-state index contributed by atoms with van der Waals surface area (Å²) in [6.45, 7) is 2.82. The molecule has 7 heteroatoms. The molecule has 0 atom stereocenters. The Kier molecular flexibility index (Phi) is 5.17. The van der Waals surface area contributed by atoms with Crippen LogP contribution in [0.15, 0.2) is 65.5 Å². The zero-order chi connectivity index (χ0) is 22.2. The lowest BCUT2D eigenvalue weighted by Crippen LogP contribution is -2.56. The summed E-state index contributed by atoms with van der Waals surface area (Å²) in [6, 6.07) is 16.3. The number of nitrogens with zero attached hydrogens (tertiary/aromatic N) is 2. The van der Waals surface area contributed by atoms with Gasteiger partial charge in [-0.2, -0.15) is 0 Å². The van der Waals surface area contributed by atoms with Gasteiger partial charge in [-0.05, 0) is 68.3 Å². The molecule has 32 heavy (non-hydrogen) atoms. The summed E-state index contributed by atoms with van der Waals surface area (Å²) in [5.41, 5.74) is 1.37. The molecular formula is C25H23FN2O4. The molecule has 0 unspecified atom stereocenters. The number of hydrogen-bond acceptors (Lipinski definition) is 4. The zero-order valence-corrected chi connectivity index (χ0v) is 17.7. The predicted octanol–water partition coefficient (Wildman–Crippen LogP) is 4.33. The molecule has 2 aliphatic rings. The zero-order valence-electron chi connectivity index (χ0n) is 17.7. The number of pyridine rings is 1. The quantitative estimate of drug-likeness (QED) is 0.580. The molecule has 2 fully saturated rings. The van der Waals surface area contributed by atoms with Crippen molar-refractivity contribution in [1.29, 1.82) is 0 Å². The predicted molar refractivity (Wildman–Crippen MR) is 117 cm³/mol. The summed E-state index contributed by atoms with van der Waals surface area (Å²) >= 11 is 0. The van der Waals surface area contributed by atoms with Crippen LogP contribution in [0.25, 0.3) is 0 Å². The van der Waals surface area contributed by atoms with E-state index in [9.17, 15) is 14.0 Å². The Labute approximate surface area is 184 Å². The molecule has 2 heterocycles. The number of carbonyl (C=O) groups is 1. The molecule has 1 saturated carbocycles. The fourth-order valence-electron chi connectivity index (χ4n) is 3.94. The van der Waals surface area contributed by atoms with Gasteiger partial charge < -0.3 is 18.9 Å². The van der Waals surface area contributed by atoms with Crippen molar-refractivity contribution in [3.8, 4) is 17.2 Å². The molecule has 1 amide bonds. The molecule has 164 valence electrons. The Balaban J connectivity index is 1.19. The maximum absolute atomic E-state index is 13.1. The van der Waals surface area contributed by atoms with Gasteiger partial charge in [-0.1, -0.05) is 6.07 Å². The molecule has 1 aliphatic heterocycles. The van der Waals surface area contributed by atoms with Gasteiger partial charge in [0.05, 0.1) is 13.1 Å². The van der Waals surface area contributed by atoms with Crippen LogP contribution >= 0.6 is 0 Å². The van der Waals surface area contributed by atoms with E-state index in [1.54, 1.807) is 29.2 Å². The minimum absolute atomic E-state index is 0.0345. The second kappa shape index (κ2) is 8.15. The molecule has 5 rings (SSSR count). The Morgan fingerprint density at radius 2 is 1.72 bits per heavy atom. The fraction of sp³-hybridized carbons (Fsp3) is 0.280. The lowest BCUT2D eigenvalue weighted by molar-refractivity contribution is 0.0176. The van der Waals surface area contributed by atoms with Gasteiger partial charge in [0.25, 0.3) is 11.5 Å². The van der Waals surface area contributed by atoms with Crippen LogP contribution in [-0.2, 0) is 0 Å². The first kappa shape index (κ1) is 20.3. The van der Waals surface area contributed by atoms with Crippen LogP contribution in [0.4, 0.5) is 4.39 Å². The molecule has 0 radical (unpaired) electrons. The monoisotopic (exact) mass is 434 g/mol. The van der Waals surface area contributed by atoms with Crippen LogP contribution in [0.2, 0.25) is 0 Å². The highest BCUT2D eigenvalue weighted by Gasteiger charge is 2.33. The SMILES string of the molecule is Cc1cc(OC2CN(C(=O)c3cccc(Oc4ccc(F)cc4)c3)C2)cc(=O)n1C1CC1. The number of likely N-dealkylation sites (tertiary alicyclic amines) is 1. The van der Waals surface area contributed by atoms with E-state index in [4.69, 9.17) is 9.47 Å². The maximum Gasteiger partial charge on any atom is 0.254 e. The summed E-state index contributed by atoms with van der Waals surface area (Å²) < 4.78 is 26.5. The molecule has 0 bridgehead atoms. The van der Waals surface area contributed by atoms with Gasteiger partial charge in [0.1, 0.15) is 29.2 Å². The van der Waals surface area contributed by atoms with Crippen molar-refractivity contribution in [3.05, 3.63) is 88.1 Å². The average molecular weight is 434 g/mol. The van der Waals surface area contributed by atoms with Gasteiger partial charge in [-0.15, -0.1) is 0 Å². The van der Waals surface area contributed by atoms with Crippen molar-refractivity contribution in [2.45, 2.75) is 31.9 Å². The molecule has 1 aliphatic carbocycles. The van der Waals surface area contributed by atoms with Crippen molar-refractivity contribution in [2.24, 2.45) is 0 Å². The van der Waals surface area contributed by atoms with Crippen LogP contribution in [0.1, 0.15) is 34.9 Å². The number of aryl methyl sites for hydroxylation is 1. The standard InChI is InChI=1S/C25H23FN2O4/c1-16-11-22(13-24(29)28(16)19-7-8-19)32-23-14-27(15-23)25(30)17-3-2-4-21(12-17)31-20-9-5-18(26)6-10-20/h2-6,9-13,19,23H,7-8,14-15H2,1H3. The van der Waals surface area contributed by atoms with Crippen molar-refractivity contribution in [2.75, 3.05) is 13.1 Å². The Morgan fingerprint density at radius 3 is 2.41 bits per heavy atom. The summed E-state index contributed by atoms with van der Waals surface area (Å²) in [7, 11) is 0. The number of rotatable bonds is 6. The van der Waals surface area contributed by atoms with Crippen molar-refractivity contribution >= 4 is 5.91 Å². The first-order valence-corrected chi connectivity index (χ1v) is 10.7. The van der Waals surface area contributed by atoms with Gasteiger partial charge in [0.15, 0.2) is 0 Å². The normalized spacial score (nSPS) is 15.9. The highest BCUT2D eigenvalue weighted by atomic mass is 19.1. The summed E-state index contributed by atoms with van der Waals surface area (Å²) in [5.74, 6) is 1.09. The van der Waals surface area contributed by atoms with Crippen LogP contribution in [0.5, 0.6) is 17.2 Å². The minimum Gasteiger partial charge on any atom is -0.486 e. The van der Waals surface area contributed by atoms with E-state index in [1.807, 2.05) is 17.6 Å². The molecule has 1 aromatic heterocycles. The highest BCUT2D eigenvalue weighted by Crippen LogP contribution is 2.35. The minimum atomic E-state index is -0.338. The van der Waals surface area contributed by atoms with E-state index in [1.165, 1.54) is 30.3 Å². The maximum atomic E-state index is 13.1. The van der Waals surface area contributed by atoms with Gasteiger partial charge in [-0.25, -0.2) is 4.39 Å². The van der Waals surface area contributed by atoms with E-state index in [0.717, 1.165) is 18.5 Å². The number of halogens is 1. The van der Waals surface area contributed by atoms with Crippen molar-refractivity contribution in [1.82, 2.24) is 9.47 Å². The molecule has 2 aromatic carbocycles. The fourth-order valence-corrected chi connectivity index (χ4v) is 3.94. The van der Waals surface area contributed by atoms with E-state index < -0.39 is 0 Å². The number of carbonyl (C=O) groups excluding carboxylic acids is 1. The van der Waals surface area contributed by atoms with E-state index >= 15 is 0 Å². The molecule has 1 saturated heterocycles. The second-order valence-corrected chi connectivity index (χ2v) is 8.31. The third kappa shape index (κ3) is 4.23. The Hall–Kier alpha value is -3.61. The van der Waals surface area contributed by atoms with Gasteiger partial charge in [-0.3, -0.25) is 9.59 Å². The number of aromatic nitrogens is 1. The highest BCUT2D eigenvalue weighted by molar-refractivity contribution is 5.95. The van der Waals surface area contributed by atoms with E-state index in [-0.39, 0.29) is 23.4 Å². The Morgan fingerprint density at radius 1 is 0.969 bits per heavy atom. The Bertz CT molecular complexity index is 1210. The lowest BCUT2D eigenvalue weighted by atomic mass is 10.1.